The number of hydrogen-bond donors (Lipinski definition) is 1. The zero-order chi connectivity index (χ0) is 13.8. The van der Waals surface area contributed by atoms with Gasteiger partial charge in [0.1, 0.15) is 0 Å². The predicted molar refractivity (Wildman–Crippen MR) is 81.0 cm³/mol. The molecular weight excluding hydrogens is 220 g/mol. The molecule has 0 aromatic heterocycles. The van der Waals surface area contributed by atoms with Crippen LogP contribution >= 0.6 is 0 Å². The first-order chi connectivity index (χ1) is 8.36. The van der Waals surface area contributed by atoms with Gasteiger partial charge in [-0.15, -0.1) is 0 Å². The van der Waals surface area contributed by atoms with Crippen molar-refractivity contribution in [3.63, 3.8) is 0 Å². The van der Waals surface area contributed by atoms with Gasteiger partial charge in [-0.2, -0.15) is 0 Å². The topological polar surface area (TPSA) is 15.3 Å². The Kier molecular flexibility index (Phi) is 6.13. The van der Waals surface area contributed by atoms with Crippen LogP contribution < -0.4 is 5.32 Å². The van der Waals surface area contributed by atoms with Gasteiger partial charge in [-0.1, -0.05) is 54.4 Å². The number of hydrogen-bond acceptors (Lipinski definition) is 2. The predicted octanol–water partition coefficient (Wildman–Crippen LogP) is 3.52. The van der Waals surface area contributed by atoms with Crippen molar-refractivity contribution in [3.05, 3.63) is 0 Å². The monoisotopic (exact) mass is 254 g/mol. The zero-order valence-electron chi connectivity index (χ0n) is 13.4. The highest BCUT2D eigenvalue weighted by atomic mass is 15.2. The van der Waals surface area contributed by atoms with Crippen molar-refractivity contribution in [2.75, 3.05) is 19.6 Å². The molecule has 1 rings (SSSR count). The van der Waals surface area contributed by atoms with Crippen molar-refractivity contribution in [3.8, 4) is 0 Å². The van der Waals surface area contributed by atoms with Crippen molar-refractivity contribution >= 4 is 0 Å². The first-order valence-corrected chi connectivity index (χ1v) is 7.83. The average molecular weight is 254 g/mol. The van der Waals surface area contributed by atoms with Crippen LogP contribution in [-0.4, -0.2) is 36.6 Å². The molecule has 0 aliphatic carbocycles. The van der Waals surface area contributed by atoms with Crippen LogP contribution in [0, 0.1) is 11.3 Å². The van der Waals surface area contributed by atoms with E-state index in [1.54, 1.807) is 0 Å². The fourth-order valence-corrected chi connectivity index (χ4v) is 2.89. The number of unbranched alkanes of at least 4 members (excludes halogenated alkanes) is 2. The van der Waals surface area contributed by atoms with Crippen LogP contribution in [0.25, 0.3) is 0 Å². The van der Waals surface area contributed by atoms with E-state index >= 15 is 0 Å². The van der Waals surface area contributed by atoms with Crippen LogP contribution in [0.5, 0.6) is 0 Å². The molecule has 0 amide bonds. The lowest BCUT2D eigenvalue weighted by Gasteiger charge is -2.46. The maximum atomic E-state index is 3.77. The Morgan fingerprint density at radius 2 is 1.89 bits per heavy atom. The van der Waals surface area contributed by atoms with Crippen LogP contribution in [0.2, 0.25) is 0 Å². The molecule has 2 nitrogen and oxygen atoms in total. The molecule has 1 heterocycles. The van der Waals surface area contributed by atoms with Crippen LogP contribution in [0.3, 0.4) is 0 Å². The molecule has 0 aromatic carbocycles. The molecule has 1 fully saturated rings. The first-order valence-electron chi connectivity index (χ1n) is 7.83. The SMILES string of the molecule is CCCCCN1CC(C(C)(C)C)NCC1C(C)C. The smallest absolute Gasteiger partial charge is 0.0244 e. The Balaban J connectivity index is 2.58. The van der Waals surface area contributed by atoms with E-state index in [2.05, 4.69) is 51.8 Å². The summed E-state index contributed by atoms with van der Waals surface area (Å²) in [5.41, 5.74) is 0.366. The van der Waals surface area contributed by atoms with Crippen LogP contribution in [0.4, 0.5) is 0 Å². The summed E-state index contributed by atoms with van der Waals surface area (Å²) in [6.07, 6.45) is 4.05. The minimum Gasteiger partial charge on any atom is -0.311 e. The van der Waals surface area contributed by atoms with Gasteiger partial charge in [0.15, 0.2) is 0 Å². The van der Waals surface area contributed by atoms with Crippen LogP contribution in [0.15, 0.2) is 0 Å². The molecule has 2 heteroatoms. The fourth-order valence-electron chi connectivity index (χ4n) is 2.89. The second-order valence-corrected chi connectivity index (χ2v) is 7.34. The Hall–Kier alpha value is -0.0800. The molecule has 0 bridgehead atoms. The van der Waals surface area contributed by atoms with E-state index < -0.39 is 0 Å². The minimum absolute atomic E-state index is 0.366. The summed E-state index contributed by atoms with van der Waals surface area (Å²) in [5.74, 6) is 0.750. The number of rotatable bonds is 5. The number of piperazine rings is 1. The van der Waals surface area contributed by atoms with E-state index in [0.717, 1.165) is 18.5 Å². The van der Waals surface area contributed by atoms with Gasteiger partial charge in [0, 0.05) is 25.2 Å². The lowest BCUT2D eigenvalue weighted by molar-refractivity contribution is 0.0619. The van der Waals surface area contributed by atoms with Crippen LogP contribution in [-0.2, 0) is 0 Å². The van der Waals surface area contributed by atoms with Crippen molar-refractivity contribution in [2.45, 2.75) is 72.9 Å². The Bertz CT molecular complexity index is 230. The van der Waals surface area contributed by atoms with E-state index in [9.17, 15) is 0 Å². The average Bonchev–Trinajstić information content (AvgIpc) is 2.27. The van der Waals surface area contributed by atoms with Crippen molar-refractivity contribution in [1.29, 1.82) is 0 Å². The third kappa shape index (κ3) is 4.55. The molecule has 1 saturated heterocycles. The van der Waals surface area contributed by atoms with Gasteiger partial charge in [0.2, 0.25) is 0 Å². The highest BCUT2D eigenvalue weighted by Gasteiger charge is 2.34. The van der Waals surface area contributed by atoms with Gasteiger partial charge >= 0.3 is 0 Å². The summed E-state index contributed by atoms with van der Waals surface area (Å²) in [7, 11) is 0. The van der Waals surface area contributed by atoms with Crippen LogP contribution in [0.1, 0.15) is 60.8 Å². The summed E-state index contributed by atoms with van der Waals surface area (Å²) in [6, 6.07) is 1.36. The van der Waals surface area contributed by atoms with Gasteiger partial charge < -0.3 is 5.32 Å². The lowest BCUT2D eigenvalue weighted by atomic mass is 9.83. The Morgan fingerprint density at radius 3 is 2.39 bits per heavy atom. The second kappa shape index (κ2) is 6.91. The zero-order valence-corrected chi connectivity index (χ0v) is 13.4. The van der Waals surface area contributed by atoms with Crippen molar-refractivity contribution < 1.29 is 0 Å². The standard InChI is InChI=1S/C16H34N2/c1-7-8-9-10-18-12-15(16(4,5)6)17-11-14(18)13(2)3/h13-15,17H,7-12H2,1-6H3. The van der Waals surface area contributed by atoms with E-state index in [4.69, 9.17) is 0 Å². The third-order valence-electron chi connectivity index (χ3n) is 4.32. The maximum Gasteiger partial charge on any atom is 0.0244 e. The third-order valence-corrected chi connectivity index (χ3v) is 4.32. The van der Waals surface area contributed by atoms with Gasteiger partial charge in [-0.05, 0) is 24.3 Å². The van der Waals surface area contributed by atoms with Gasteiger partial charge in [-0.3, -0.25) is 4.90 Å². The van der Waals surface area contributed by atoms with Crippen molar-refractivity contribution in [2.24, 2.45) is 11.3 Å². The molecule has 0 saturated carbocycles. The molecule has 1 aliphatic heterocycles. The van der Waals surface area contributed by atoms with E-state index in [1.165, 1.54) is 32.4 Å². The number of nitrogens with one attached hydrogen (secondary N) is 1. The fraction of sp³-hybridized carbons (Fsp3) is 1.00. The van der Waals surface area contributed by atoms with Crippen molar-refractivity contribution in [1.82, 2.24) is 10.2 Å². The summed E-state index contributed by atoms with van der Waals surface area (Å²) in [4.78, 5) is 2.74. The molecule has 1 N–H and O–H groups in total. The molecule has 0 aromatic rings. The largest absolute Gasteiger partial charge is 0.311 e. The Morgan fingerprint density at radius 1 is 1.22 bits per heavy atom. The van der Waals surface area contributed by atoms with Gasteiger partial charge in [-0.25, -0.2) is 0 Å². The molecule has 2 unspecified atom stereocenters. The molecule has 1 aliphatic rings. The second-order valence-electron chi connectivity index (χ2n) is 7.34. The first kappa shape index (κ1) is 16.0. The summed E-state index contributed by atoms with van der Waals surface area (Å²) < 4.78 is 0. The summed E-state index contributed by atoms with van der Waals surface area (Å²) in [5, 5.41) is 3.77. The summed E-state index contributed by atoms with van der Waals surface area (Å²) >= 11 is 0. The minimum atomic E-state index is 0.366. The molecule has 18 heavy (non-hydrogen) atoms. The van der Waals surface area contributed by atoms with E-state index in [-0.39, 0.29) is 0 Å². The maximum absolute atomic E-state index is 3.77. The lowest BCUT2D eigenvalue weighted by Crippen LogP contribution is -2.61. The normalized spacial score (nSPS) is 26.8. The molecular formula is C16H34N2. The van der Waals surface area contributed by atoms with E-state index in [1.807, 2.05) is 0 Å². The quantitative estimate of drug-likeness (QED) is 0.755. The molecule has 2 atom stereocenters. The molecule has 108 valence electrons. The highest BCUT2D eigenvalue weighted by molar-refractivity contribution is 4.92. The summed E-state index contributed by atoms with van der Waals surface area (Å²) in [6.45, 7) is 17.7. The molecule has 0 spiro atoms. The van der Waals surface area contributed by atoms with Gasteiger partial charge in [0.05, 0.1) is 0 Å². The number of nitrogens with zero attached hydrogens (tertiary/aromatic N) is 1. The highest BCUT2D eigenvalue weighted by Crippen LogP contribution is 2.25. The van der Waals surface area contributed by atoms with E-state index in [0.29, 0.717) is 11.5 Å². The van der Waals surface area contributed by atoms with Gasteiger partial charge in [0.25, 0.3) is 0 Å². The Labute approximate surface area is 115 Å². The molecule has 0 radical (unpaired) electrons.